The van der Waals surface area contributed by atoms with Gasteiger partial charge in [-0.2, -0.15) is 5.10 Å². The van der Waals surface area contributed by atoms with E-state index in [4.69, 9.17) is 0 Å². The third-order valence-electron chi connectivity index (χ3n) is 4.36. The molecule has 5 nitrogen and oxygen atoms in total. The average Bonchev–Trinajstić information content (AvgIpc) is 2.66. The van der Waals surface area contributed by atoms with Gasteiger partial charge in [0.05, 0.1) is 11.7 Å². The van der Waals surface area contributed by atoms with E-state index in [1.54, 1.807) is 22.9 Å². The first-order valence-corrected chi connectivity index (χ1v) is 8.45. The molecule has 25 heavy (non-hydrogen) atoms. The van der Waals surface area contributed by atoms with E-state index in [1.165, 1.54) is 11.8 Å². The fourth-order valence-electron chi connectivity index (χ4n) is 2.94. The number of hydrogen-bond acceptors (Lipinski definition) is 3. The van der Waals surface area contributed by atoms with Crippen LogP contribution in [0, 0.1) is 0 Å². The number of carbonyl (C=O) groups excluding carboxylic acids is 1. The van der Waals surface area contributed by atoms with Crippen molar-refractivity contribution in [2.75, 3.05) is 6.54 Å². The molecule has 3 aromatic rings. The standard InChI is InChI=1S/C20H21N3O2/c1-2-15(16-8-4-3-5-9-16)12-21-20(25)14-23-18-11-7-6-10-17(18)19(24)13-22-23/h3-11,13,15H,2,12,14H2,1H3,(H,21,25). The Bertz CT molecular complexity index is 919. The molecule has 0 radical (unpaired) electrons. The average molecular weight is 335 g/mol. The lowest BCUT2D eigenvalue weighted by atomic mass is 9.96. The molecule has 1 N–H and O–H groups in total. The van der Waals surface area contributed by atoms with Crippen molar-refractivity contribution in [3.05, 3.63) is 76.6 Å². The van der Waals surface area contributed by atoms with Crippen LogP contribution in [0.25, 0.3) is 10.9 Å². The Hall–Kier alpha value is -2.95. The zero-order valence-electron chi connectivity index (χ0n) is 14.2. The predicted octanol–water partition coefficient (Wildman–Crippen LogP) is 2.71. The van der Waals surface area contributed by atoms with Crippen molar-refractivity contribution in [2.45, 2.75) is 25.8 Å². The minimum Gasteiger partial charge on any atom is -0.354 e. The second-order valence-corrected chi connectivity index (χ2v) is 6.00. The molecule has 0 aliphatic carbocycles. The summed E-state index contributed by atoms with van der Waals surface area (Å²) < 4.78 is 1.57. The molecule has 1 unspecified atom stereocenters. The van der Waals surface area contributed by atoms with Crippen molar-refractivity contribution in [3.8, 4) is 0 Å². The van der Waals surface area contributed by atoms with E-state index in [2.05, 4.69) is 29.5 Å². The van der Waals surface area contributed by atoms with E-state index >= 15 is 0 Å². The third kappa shape index (κ3) is 3.94. The van der Waals surface area contributed by atoms with Gasteiger partial charge in [-0.1, -0.05) is 49.4 Å². The molecule has 0 saturated heterocycles. The summed E-state index contributed by atoms with van der Waals surface area (Å²) >= 11 is 0. The largest absolute Gasteiger partial charge is 0.354 e. The maximum absolute atomic E-state index is 12.3. The molecule has 0 aliphatic rings. The highest BCUT2D eigenvalue weighted by Gasteiger charge is 2.12. The molecule has 5 heteroatoms. The lowest BCUT2D eigenvalue weighted by molar-refractivity contribution is -0.121. The first-order valence-electron chi connectivity index (χ1n) is 8.45. The van der Waals surface area contributed by atoms with Gasteiger partial charge < -0.3 is 5.32 Å². The minimum absolute atomic E-state index is 0.0893. The molecule has 1 aromatic heterocycles. The van der Waals surface area contributed by atoms with Crippen LogP contribution in [0.5, 0.6) is 0 Å². The highest BCUT2D eigenvalue weighted by Crippen LogP contribution is 2.17. The molecular formula is C20H21N3O2. The number of nitrogens with one attached hydrogen (secondary N) is 1. The van der Waals surface area contributed by atoms with Crippen molar-refractivity contribution >= 4 is 16.8 Å². The zero-order valence-corrected chi connectivity index (χ0v) is 14.2. The van der Waals surface area contributed by atoms with Crippen LogP contribution < -0.4 is 10.7 Å². The van der Waals surface area contributed by atoms with Gasteiger partial charge >= 0.3 is 0 Å². The monoisotopic (exact) mass is 335 g/mol. The van der Waals surface area contributed by atoms with Gasteiger partial charge in [0.1, 0.15) is 6.54 Å². The van der Waals surface area contributed by atoms with Gasteiger partial charge in [-0.25, -0.2) is 0 Å². The number of hydrogen-bond donors (Lipinski definition) is 1. The molecule has 1 amide bonds. The number of rotatable bonds is 6. The molecule has 128 valence electrons. The molecule has 0 bridgehead atoms. The Morgan fingerprint density at radius 3 is 2.60 bits per heavy atom. The number of para-hydroxylation sites is 1. The van der Waals surface area contributed by atoms with Gasteiger partial charge in [0.2, 0.25) is 11.3 Å². The topological polar surface area (TPSA) is 64.0 Å². The smallest absolute Gasteiger partial charge is 0.241 e. The first-order chi connectivity index (χ1) is 12.2. The minimum atomic E-state index is -0.137. The van der Waals surface area contributed by atoms with Crippen molar-refractivity contribution in [3.63, 3.8) is 0 Å². The van der Waals surface area contributed by atoms with Crippen LogP contribution >= 0.6 is 0 Å². The number of carbonyl (C=O) groups is 1. The second kappa shape index (κ2) is 7.75. The maximum Gasteiger partial charge on any atom is 0.241 e. The molecule has 2 aromatic carbocycles. The Balaban J connectivity index is 1.69. The van der Waals surface area contributed by atoms with Gasteiger partial charge in [-0.15, -0.1) is 0 Å². The van der Waals surface area contributed by atoms with Crippen LogP contribution in [0.4, 0.5) is 0 Å². The van der Waals surface area contributed by atoms with Gasteiger partial charge in [-0.3, -0.25) is 14.3 Å². The maximum atomic E-state index is 12.3. The van der Waals surface area contributed by atoms with Gasteiger partial charge in [-0.05, 0) is 24.1 Å². The SMILES string of the molecule is CCC(CNC(=O)Cn1ncc(=O)c2ccccc21)c1ccccc1. The van der Waals surface area contributed by atoms with Crippen LogP contribution in [0.15, 0.2) is 65.6 Å². The predicted molar refractivity (Wildman–Crippen MR) is 98.5 cm³/mol. The highest BCUT2D eigenvalue weighted by molar-refractivity contribution is 5.81. The van der Waals surface area contributed by atoms with Crippen LogP contribution in [-0.4, -0.2) is 22.2 Å². The van der Waals surface area contributed by atoms with Gasteiger partial charge in [0.15, 0.2) is 0 Å². The number of nitrogens with zero attached hydrogens (tertiary/aromatic N) is 2. The fraction of sp³-hybridized carbons (Fsp3) is 0.250. The van der Waals surface area contributed by atoms with Crippen molar-refractivity contribution in [1.82, 2.24) is 15.1 Å². The summed E-state index contributed by atoms with van der Waals surface area (Å²) in [4.78, 5) is 24.2. The van der Waals surface area contributed by atoms with E-state index < -0.39 is 0 Å². The summed E-state index contributed by atoms with van der Waals surface area (Å²) in [5, 5.41) is 7.65. The quantitative estimate of drug-likeness (QED) is 0.753. The normalized spacial score (nSPS) is 12.0. The number of aromatic nitrogens is 2. The Morgan fingerprint density at radius 2 is 1.84 bits per heavy atom. The molecule has 0 saturated carbocycles. The lowest BCUT2D eigenvalue weighted by Gasteiger charge is -2.16. The molecule has 1 heterocycles. The van der Waals surface area contributed by atoms with E-state index in [1.807, 2.05) is 24.3 Å². The molecule has 0 spiro atoms. The molecular weight excluding hydrogens is 314 g/mol. The van der Waals surface area contributed by atoms with Crippen LogP contribution in [-0.2, 0) is 11.3 Å². The third-order valence-corrected chi connectivity index (χ3v) is 4.36. The second-order valence-electron chi connectivity index (χ2n) is 6.00. The summed E-state index contributed by atoms with van der Waals surface area (Å²) in [7, 11) is 0. The Morgan fingerprint density at radius 1 is 1.12 bits per heavy atom. The Kier molecular flexibility index (Phi) is 5.23. The Labute approximate surface area is 146 Å². The summed E-state index contributed by atoms with van der Waals surface area (Å²) in [6, 6.07) is 17.4. The molecule has 0 aliphatic heterocycles. The molecule has 1 atom stereocenters. The van der Waals surface area contributed by atoms with Crippen LogP contribution in [0.3, 0.4) is 0 Å². The molecule has 3 rings (SSSR count). The fourth-order valence-corrected chi connectivity index (χ4v) is 2.94. The number of fused-ring (bicyclic) bond motifs is 1. The first kappa shape index (κ1) is 16.9. The number of benzene rings is 2. The van der Waals surface area contributed by atoms with Crippen molar-refractivity contribution in [2.24, 2.45) is 0 Å². The lowest BCUT2D eigenvalue weighted by Crippen LogP contribution is -2.32. The van der Waals surface area contributed by atoms with Crippen molar-refractivity contribution in [1.29, 1.82) is 0 Å². The van der Waals surface area contributed by atoms with Gasteiger partial charge in [0.25, 0.3) is 0 Å². The molecule has 0 fully saturated rings. The highest BCUT2D eigenvalue weighted by atomic mass is 16.2. The van der Waals surface area contributed by atoms with E-state index in [0.717, 1.165) is 6.42 Å². The van der Waals surface area contributed by atoms with E-state index in [9.17, 15) is 9.59 Å². The summed E-state index contributed by atoms with van der Waals surface area (Å²) in [5.74, 6) is 0.166. The van der Waals surface area contributed by atoms with Crippen LogP contribution in [0.2, 0.25) is 0 Å². The number of amides is 1. The van der Waals surface area contributed by atoms with Gasteiger partial charge in [0, 0.05) is 17.8 Å². The van der Waals surface area contributed by atoms with E-state index in [0.29, 0.717) is 17.4 Å². The summed E-state index contributed by atoms with van der Waals surface area (Å²) in [5.41, 5.74) is 1.75. The summed E-state index contributed by atoms with van der Waals surface area (Å²) in [6.45, 7) is 2.78. The van der Waals surface area contributed by atoms with Crippen LogP contribution in [0.1, 0.15) is 24.8 Å². The van der Waals surface area contributed by atoms with E-state index in [-0.39, 0.29) is 23.8 Å². The van der Waals surface area contributed by atoms with Crippen molar-refractivity contribution < 1.29 is 4.79 Å². The summed E-state index contributed by atoms with van der Waals surface area (Å²) in [6.07, 6.45) is 2.21. The zero-order chi connectivity index (χ0) is 17.6.